The minimum absolute atomic E-state index is 0.204. The van der Waals surface area contributed by atoms with Crippen LogP contribution in [0.1, 0.15) is 19.0 Å². The van der Waals surface area contributed by atoms with Crippen LogP contribution in [0.25, 0.3) is 11.1 Å². The molecule has 1 fully saturated rings. The smallest absolute Gasteiger partial charge is 0.323 e. The molecule has 1 saturated heterocycles. The zero-order valence-electron chi connectivity index (χ0n) is 14.3. The quantitative estimate of drug-likeness (QED) is 0.898. The Balaban J connectivity index is 1.71. The van der Waals surface area contributed by atoms with E-state index in [4.69, 9.17) is 0 Å². The summed E-state index contributed by atoms with van der Waals surface area (Å²) in [5, 5.41) is 12.0. The number of aromatic nitrogens is 1. The van der Waals surface area contributed by atoms with Crippen molar-refractivity contribution in [1.29, 1.82) is 0 Å². The maximum absolute atomic E-state index is 12.4. The maximum atomic E-state index is 12.4. The van der Waals surface area contributed by atoms with Gasteiger partial charge in [0.1, 0.15) is 5.82 Å². The molecule has 1 unspecified atom stereocenters. The van der Waals surface area contributed by atoms with Crippen LogP contribution in [0.2, 0.25) is 0 Å². The molecule has 0 saturated carbocycles. The zero-order valence-corrected chi connectivity index (χ0v) is 14.3. The normalized spacial score (nSPS) is 19.7. The van der Waals surface area contributed by atoms with Gasteiger partial charge in [-0.15, -0.1) is 0 Å². The highest BCUT2D eigenvalue weighted by atomic mass is 16.4. The Morgan fingerprint density at radius 1 is 1.20 bits per heavy atom. The van der Waals surface area contributed by atoms with Crippen molar-refractivity contribution in [2.24, 2.45) is 5.41 Å². The van der Waals surface area contributed by atoms with E-state index in [-0.39, 0.29) is 12.6 Å². The van der Waals surface area contributed by atoms with Crippen LogP contribution >= 0.6 is 0 Å². The summed E-state index contributed by atoms with van der Waals surface area (Å²) < 4.78 is 0. The van der Waals surface area contributed by atoms with Gasteiger partial charge in [0.25, 0.3) is 0 Å². The van der Waals surface area contributed by atoms with Crippen LogP contribution in [0.4, 0.5) is 10.6 Å². The number of benzene rings is 1. The van der Waals surface area contributed by atoms with Crippen molar-refractivity contribution >= 4 is 17.8 Å². The number of nitrogens with zero attached hydrogens (tertiary/aromatic N) is 2. The summed E-state index contributed by atoms with van der Waals surface area (Å²) in [6.45, 7) is 4.19. The first-order valence-corrected chi connectivity index (χ1v) is 8.21. The fourth-order valence-corrected chi connectivity index (χ4v) is 3.05. The van der Waals surface area contributed by atoms with Crippen molar-refractivity contribution in [3.63, 3.8) is 0 Å². The minimum atomic E-state index is -0.877. The minimum Gasteiger partial charge on any atom is -0.481 e. The Kier molecular flexibility index (Phi) is 4.44. The Hall–Kier alpha value is -2.89. The highest BCUT2D eigenvalue weighted by Gasteiger charge is 2.42. The van der Waals surface area contributed by atoms with Gasteiger partial charge in [-0.25, -0.2) is 9.78 Å². The number of likely N-dealkylation sites (tertiary alicyclic amines) is 1. The first kappa shape index (κ1) is 17.0. The van der Waals surface area contributed by atoms with E-state index >= 15 is 0 Å². The summed E-state index contributed by atoms with van der Waals surface area (Å²) in [4.78, 5) is 29.7. The van der Waals surface area contributed by atoms with Crippen molar-refractivity contribution in [2.75, 3.05) is 18.4 Å². The van der Waals surface area contributed by atoms with E-state index in [2.05, 4.69) is 10.3 Å². The van der Waals surface area contributed by atoms with Gasteiger partial charge >= 0.3 is 12.0 Å². The highest BCUT2D eigenvalue weighted by Crippen LogP contribution is 2.30. The zero-order chi connectivity index (χ0) is 18.0. The molecule has 3 rings (SSSR count). The molecule has 0 bridgehead atoms. The lowest BCUT2D eigenvalue weighted by Gasteiger charge is -2.20. The summed E-state index contributed by atoms with van der Waals surface area (Å²) in [5.41, 5.74) is 2.03. The SMILES string of the molecule is Cc1nc(NC(=O)N2CCC(C)(C(=O)O)C2)ccc1-c1ccccc1. The van der Waals surface area contributed by atoms with Crippen molar-refractivity contribution in [2.45, 2.75) is 20.3 Å². The summed E-state index contributed by atoms with van der Waals surface area (Å²) in [5.74, 6) is -0.407. The Bertz CT molecular complexity index is 807. The van der Waals surface area contributed by atoms with Crippen LogP contribution < -0.4 is 5.32 Å². The van der Waals surface area contributed by atoms with Gasteiger partial charge in [-0.1, -0.05) is 30.3 Å². The molecule has 2 heterocycles. The molecule has 1 atom stereocenters. The molecule has 0 aliphatic carbocycles. The standard InChI is InChI=1S/C19H21N3O3/c1-13-15(14-6-4-3-5-7-14)8-9-16(20-13)21-18(25)22-11-10-19(2,12-22)17(23)24/h3-9H,10-12H2,1-2H3,(H,23,24)(H,20,21,25). The van der Waals surface area contributed by atoms with E-state index in [1.165, 1.54) is 4.90 Å². The van der Waals surface area contributed by atoms with Crippen molar-refractivity contribution < 1.29 is 14.7 Å². The maximum Gasteiger partial charge on any atom is 0.323 e. The number of carboxylic acids is 1. The number of hydrogen-bond donors (Lipinski definition) is 2. The second-order valence-electron chi connectivity index (χ2n) is 6.66. The molecule has 1 aromatic carbocycles. The van der Waals surface area contributed by atoms with Gasteiger partial charge in [0, 0.05) is 24.3 Å². The predicted molar refractivity (Wildman–Crippen MR) is 95.4 cm³/mol. The number of carboxylic acid groups (broad SMARTS) is 1. The lowest BCUT2D eigenvalue weighted by molar-refractivity contribution is -0.146. The van der Waals surface area contributed by atoms with E-state index < -0.39 is 11.4 Å². The number of aryl methyl sites for hydroxylation is 1. The van der Waals surface area contributed by atoms with E-state index in [0.29, 0.717) is 18.8 Å². The van der Waals surface area contributed by atoms with Crippen molar-refractivity contribution in [3.8, 4) is 11.1 Å². The van der Waals surface area contributed by atoms with Crippen molar-refractivity contribution in [3.05, 3.63) is 48.2 Å². The fourth-order valence-electron chi connectivity index (χ4n) is 3.05. The molecular weight excluding hydrogens is 318 g/mol. The number of carbonyl (C=O) groups excluding carboxylic acids is 1. The molecule has 2 N–H and O–H groups in total. The number of carbonyl (C=O) groups is 2. The number of pyridine rings is 1. The molecule has 1 aliphatic heterocycles. The molecule has 1 aliphatic rings. The number of anilines is 1. The van der Waals surface area contributed by atoms with Gasteiger partial charge in [-0.3, -0.25) is 10.1 Å². The fraction of sp³-hybridized carbons (Fsp3) is 0.316. The Labute approximate surface area is 146 Å². The Morgan fingerprint density at radius 2 is 1.92 bits per heavy atom. The first-order valence-electron chi connectivity index (χ1n) is 8.21. The van der Waals surface area contributed by atoms with Crippen LogP contribution in [0.3, 0.4) is 0 Å². The molecule has 25 heavy (non-hydrogen) atoms. The topological polar surface area (TPSA) is 82.5 Å². The predicted octanol–water partition coefficient (Wildman–Crippen LogP) is 3.39. The van der Waals surface area contributed by atoms with Crippen molar-refractivity contribution in [1.82, 2.24) is 9.88 Å². The monoisotopic (exact) mass is 339 g/mol. The molecule has 6 nitrogen and oxygen atoms in total. The number of rotatable bonds is 3. The Morgan fingerprint density at radius 3 is 2.52 bits per heavy atom. The number of aliphatic carboxylic acids is 1. The highest BCUT2D eigenvalue weighted by molar-refractivity contribution is 5.89. The van der Waals surface area contributed by atoms with Crippen LogP contribution in [0.5, 0.6) is 0 Å². The van der Waals surface area contributed by atoms with E-state index in [9.17, 15) is 14.7 Å². The van der Waals surface area contributed by atoms with Gasteiger partial charge in [0.15, 0.2) is 0 Å². The third-order valence-electron chi connectivity index (χ3n) is 4.68. The van der Waals surface area contributed by atoms with Crippen LogP contribution in [-0.2, 0) is 4.79 Å². The second-order valence-corrected chi connectivity index (χ2v) is 6.66. The van der Waals surface area contributed by atoms with Crippen LogP contribution in [-0.4, -0.2) is 40.1 Å². The van der Waals surface area contributed by atoms with Gasteiger partial charge in [-0.2, -0.15) is 0 Å². The largest absolute Gasteiger partial charge is 0.481 e. The van der Waals surface area contributed by atoms with E-state index in [0.717, 1.165) is 16.8 Å². The van der Waals surface area contributed by atoms with Crippen LogP contribution in [0.15, 0.2) is 42.5 Å². The molecule has 2 amide bonds. The average molecular weight is 339 g/mol. The molecule has 0 spiro atoms. The number of urea groups is 1. The molecule has 6 heteroatoms. The molecule has 2 aromatic rings. The molecule has 1 aromatic heterocycles. The number of hydrogen-bond acceptors (Lipinski definition) is 3. The third kappa shape index (κ3) is 3.47. The summed E-state index contributed by atoms with van der Waals surface area (Å²) in [6.07, 6.45) is 0.454. The third-order valence-corrected chi connectivity index (χ3v) is 4.68. The average Bonchev–Trinajstić information content (AvgIpc) is 3.00. The summed E-state index contributed by atoms with van der Waals surface area (Å²) in [7, 11) is 0. The number of amides is 2. The first-order chi connectivity index (χ1) is 11.9. The number of nitrogens with one attached hydrogen (secondary N) is 1. The molecular formula is C19H21N3O3. The van der Waals surface area contributed by atoms with E-state index in [1.54, 1.807) is 13.0 Å². The summed E-state index contributed by atoms with van der Waals surface area (Å²) >= 11 is 0. The van der Waals surface area contributed by atoms with E-state index in [1.807, 2.05) is 43.3 Å². The lowest BCUT2D eigenvalue weighted by atomic mass is 9.90. The molecule has 130 valence electrons. The van der Waals surface area contributed by atoms with Gasteiger partial charge < -0.3 is 10.0 Å². The lowest BCUT2D eigenvalue weighted by Crippen LogP contribution is -2.37. The van der Waals surface area contributed by atoms with Gasteiger partial charge in [0.2, 0.25) is 0 Å². The van der Waals surface area contributed by atoms with Gasteiger partial charge in [-0.05, 0) is 38.0 Å². The van der Waals surface area contributed by atoms with Gasteiger partial charge in [0.05, 0.1) is 5.41 Å². The second kappa shape index (κ2) is 6.55. The molecule has 0 radical (unpaired) electrons. The van der Waals surface area contributed by atoms with Crippen LogP contribution in [0, 0.1) is 12.3 Å². The summed E-state index contributed by atoms with van der Waals surface area (Å²) in [6, 6.07) is 13.3.